The van der Waals surface area contributed by atoms with E-state index in [9.17, 15) is 9.90 Å². The highest BCUT2D eigenvalue weighted by molar-refractivity contribution is 6.30. The molecule has 3 nitrogen and oxygen atoms in total. The molecule has 1 aromatic carbocycles. The Bertz CT molecular complexity index is 430. The second-order valence-corrected chi connectivity index (χ2v) is 5.57. The molecule has 0 bridgehead atoms. The van der Waals surface area contributed by atoms with Crippen LogP contribution in [-0.2, 0) is 4.79 Å². The lowest BCUT2D eigenvalue weighted by Crippen LogP contribution is -2.30. The zero-order valence-corrected chi connectivity index (χ0v) is 11.7. The fourth-order valence-corrected chi connectivity index (χ4v) is 2.74. The van der Waals surface area contributed by atoms with Crippen molar-refractivity contribution in [3.05, 3.63) is 34.9 Å². The number of rotatable bonds is 5. The molecule has 0 saturated heterocycles. The van der Waals surface area contributed by atoms with Gasteiger partial charge in [0.25, 0.3) is 0 Å². The molecule has 19 heavy (non-hydrogen) atoms. The molecule has 0 heterocycles. The van der Waals surface area contributed by atoms with Gasteiger partial charge in [0, 0.05) is 17.5 Å². The van der Waals surface area contributed by atoms with Gasteiger partial charge in [-0.05, 0) is 37.0 Å². The zero-order valence-electron chi connectivity index (χ0n) is 10.9. The number of nitrogens with one attached hydrogen (secondary N) is 1. The van der Waals surface area contributed by atoms with Crippen LogP contribution in [-0.4, -0.2) is 17.6 Å². The summed E-state index contributed by atoms with van der Waals surface area (Å²) in [6.45, 7) is 0.503. The van der Waals surface area contributed by atoms with Gasteiger partial charge in [0.05, 0.1) is 6.10 Å². The molecule has 0 aromatic heterocycles. The van der Waals surface area contributed by atoms with Gasteiger partial charge in [0.15, 0.2) is 0 Å². The highest BCUT2D eigenvalue weighted by Gasteiger charge is 2.22. The van der Waals surface area contributed by atoms with Gasteiger partial charge in [-0.15, -0.1) is 0 Å². The van der Waals surface area contributed by atoms with Crippen LogP contribution in [0.25, 0.3) is 0 Å². The minimum atomic E-state index is -0.581. The molecule has 1 fully saturated rings. The second kappa shape index (κ2) is 6.92. The number of halogens is 1. The van der Waals surface area contributed by atoms with Gasteiger partial charge in [-0.25, -0.2) is 0 Å². The third-order valence-corrected chi connectivity index (χ3v) is 3.91. The first-order chi connectivity index (χ1) is 9.16. The minimum absolute atomic E-state index is 0.135. The molecule has 4 heteroatoms. The van der Waals surface area contributed by atoms with Crippen molar-refractivity contribution >= 4 is 17.5 Å². The van der Waals surface area contributed by atoms with E-state index < -0.39 is 6.10 Å². The molecule has 1 amide bonds. The van der Waals surface area contributed by atoms with Crippen LogP contribution in [0.15, 0.2) is 24.3 Å². The van der Waals surface area contributed by atoms with Crippen molar-refractivity contribution in [2.24, 2.45) is 5.92 Å². The van der Waals surface area contributed by atoms with Crippen LogP contribution < -0.4 is 5.32 Å². The van der Waals surface area contributed by atoms with Crippen LogP contribution in [0.1, 0.15) is 43.8 Å². The molecular formula is C15H20ClNO2. The summed E-state index contributed by atoms with van der Waals surface area (Å²) in [4.78, 5) is 11.8. The Labute approximate surface area is 119 Å². The molecule has 0 radical (unpaired) electrons. The van der Waals surface area contributed by atoms with E-state index in [1.165, 1.54) is 0 Å². The van der Waals surface area contributed by atoms with Gasteiger partial charge in [-0.1, -0.05) is 36.6 Å². The van der Waals surface area contributed by atoms with Gasteiger partial charge in [-0.3, -0.25) is 4.79 Å². The highest BCUT2D eigenvalue weighted by atomic mass is 35.5. The Morgan fingerprint density at radius 2 is 2.16 bits per heavy atom. The first-order valence-corrected chi connectivity index (χ1v) is 7.26. The lowest BCUT2D eigenvalue weighted by atomic mass is 10.1. The van der Waals surface area contributed by atoms with Crippen LogP contribution in [0.5, 0.6) is 0 Å². The zero-order chi connectivity index (χ0) is 13.7. The minimum Gasteiger partial charge on any atom is -0.388 e. The first kappa shape index (κ1) is 14.4. The lowest BCUT2D eigenvalue weighted by Gasteiger charge is -2.14. The molecule has 0 aliphatic heterocycles. The van der Waals surface area contributed by atoms with Gasteiger partial charge >= 0.3 is 0 Å². The summed E-state index contributed by atoms with van der Waals surface area (Å²) in [5.41, 5.74) is 0.794. The van der Waals surface area contributed by atoms with E-state index in [0.29, 0.717) is 18.0 Å². The Hall–Kier alpha value is -1.06. The van der Waals surface area contributed by atoms with Crippen LogP contribution in [0.2, 0.25) is 5.02 Å². The van der Waals surface area contributed by atoms with Crippen LogP contribution in [0.4, 0.5) is 0 Å². The average Bonchev–Trinajstić information content (AvgIpc) is 2.92. The first-order valence-electron chi connectivity index (χ1n) is 6.88. The third kappa shape index (κ3) is 4.22. The number of benzene rings is 1. The van der Waals surface area contributed by atoms with E-state index in [2.05, 4.69) is 5.32 Å². The molecule has 1 aliphatic rings. The van der Waals surface area contributed by atoms with E-state index in [-0.39, 0.29) is 11.8 Å². The van der Waals surface area contributed by atoms with Crippen molar-refractivity contribution in [1.29, 1.82) is 0 Å². The van der Waals surface area contributed by atoms with Crippen molar-refractivity contribution in [3.8, 4) is 0 Å². The van der Waals surface area contributed by atoms with Crippen LogP contribution in [0.3, 0.4) is 0 Å². The summed E-state index contributed by atoms with van der Waals surface area (Å²) < 4.78 is 0. The van der Waals surface area contributed by atoms with E-state index >= 15 is 0 Å². The molecule has 2 N–H and O–H groups in total. The average molecular weight is 282 g/mol. The van der Waals surface area contributed by atoms with Crippen molar-refractivity contribution in [3.63, 3.8) is 0 Å². The number of carbonyl (C=O) groups excluding carboxylic acids is 1. The van der Waals surface area contributed by atoms with Crippen LogP contribution in [0, 0.1) is 5.92 Å². The summed E-state index contributed by atoms with van der Waals surface area (Å²) in [5.74, 6) is 0.319. The van der Waals surface area contributed by atoms with Gasteiger partial charge in [-0.2, -0.15) is 0 Å². The quantitative estimate of drug-likeness (QED) is 0.871. The molecular weight excluding hydrogens is 262 g/mol. The van der Waals surface area contributed by atoms with Crippen molar-refractivity contribution in [2.75, 3.05) is 6.54 Å². The summed E-state index contributed by atoms with van der Waals surface area (Å²) in [6.07, 6.45) is 4.25. The lowest BCUT2D eigenvalue weighted by molar-refractivity contribution is -0.124. The van der Waals surface area contributed by atoms with Crippen molar-refractivity contribution in [1.82, 2.24) is 5.32 Å². The maximum Gasteiger partial charge on any atom is 0.223 e. The maximum absolute atomic E-state index is 11.8. The molecule has 1 aliphatic carbocycles. The second-order valence-electron chi connectivity index (χ2n) is 5.13. The largest absolute Gasteiger partial charge is 0.388 e. The number of hydrogen-bond donors (Lipinski definition) is 2. The number of carbonyl (C=O) groups is 1. The third-order valence-electron chi connectivity index (χ3n) is 3.68. The standard InChI is InChI=1S/C15H20ClNO2/c16-13-7-3-6-12(10-13)14(18)8-9-17-15(19)11-4-1-2-5-11/h3,6-7,10-11,14,18H,1-2,4-5,8-9H2,(H,17,19)/t14-/m1/s1. The summed E-state index contributed by atoms with van der Waals surface area (Å²) in [6, 6.07) is 7.19. The number of amides is 1. The van der Waals surface area contributed by atoms with Gasteiger partial charge in [0.2, 0.25) is 5.91 Å². The molecule has 0 spiro atoms. The van der Waals surface area contributed by atoms with E-state index in [0.717, 1.165) is 31.2 Å². The van der Waals surface area contributed by atoms with E-state index in [1.807, 2.05) is 12.1 Å². The SMILES string of the molecule is O=C(NCC[C@@H](O)c1cccc(Cl)c1)C1CCCC1. The topological polar surface area (TPSA) is 49.3 Å². The summed E-state index contributed by atoms with van der Waals surface area (Å²) >= 11 is 5.88. The van der Waals surface area contributed by atoms with E-state index in [1.54, 1.807) is 12.1 Å². The fourth-order valence-electron chi connectivity index (χ4n) is 2.54. The van der Waals surface area contributed by atoms with Crippen molar-refractivity contribution in [2.45, 2.75) is 38.2 Å². The predicted octanol–water partition coefficient (Wildman–Crippen LogP) is 3.07. The Kier molecular flexibility index (Phi) is 5.23. The van der Waals surface area contributed by atoms with Gasteiger partial charge in [0.1, 0.15) is 0 Å². The molecule has 104 valence electrons. The smallest absolute Gasteiger partial charge is 0.223 e. The monoisotopic (exact) mass is 281 g/mol. The Morgan fingerprint density at radius 1 is 1.42 bits per heavy atom. The van der Waals surface area contributed by atoms with Crippen molar-refractivity contribution < 1.29 is 9.90 Å². The Morgan fingerprint density at radius 3 is 2.84 bits per heavy atom. The molecule has 1 atom stereocenters. The Balaban J connectivity index is 1.74. The maximum atomic E-state index is 11.8. The summed E-state index contributed by atoms with van der Waals surface area (Å²) in [5, 5.41) is 13.5. The van der Waals surface area contributed by atoms with Crippen LogP contribution >= 0.6 is 11.6 Å². The molecule has 0 unspecified atom stereocenters. The normalized spacial score (nSPS) is 17.4. The molecule has 2 rings (SSSR count). The number of aliphatic hydroxyl groups excluding tert-OH is 1. The fraction of sp³-hybridized carbons (Fsp3) is 0.533. The number of hydrogen-bond acceptors (Lipinski definition) is 2. The summed E-state index contributed by atoms with van der Waals surface area (Å²) in [7, 11) is 0. The predicted molar refractivity (Wildman–Crippen MR) is 76.0 cm³/mol. The van der Waals surface area contributed by atoms with Gasteiger partial charge < -0.3 is 10.4 Å². The number of aliphatic hydroxyl groups is 1. The highest BCUT2D eigenvalue weighted by Crippen LogP contribution is 2.25. The molecule has 1 saturated carbocycles. The molecule has 1 aromatic rings. The van der Waals surface area contributed by atoms with E-state index in [4.69, 9.17) is 11.6 Å².